The Morgan fingerprint density at radius 2 is 2.06 bits per heavy atom. The Bertz CT molecular complexity index is 466. The van der Waals surface area contributed by atoms with Crippen molar-refractivity contribution in [2.75, 3.05) is 6.54 Å². The van der Waals surface area contributed by atoms with Crippen molar-refractivity contribution in [1.82, 2.24) is 4.98 Å². The number of nitrogens with two attached hydrogens (primary N) is 1. The predicted octanol–water partition coefficient (Wildman–Crippen LogP) is 2.38. The third-order valence-electron chi connectivity index (χ3n) is 2.59. The molecular formula is C12H12F2N2. The molecule has 2 nitrogen and oxygen atoms in total. The zero-order valence-electron chi connectivity index (χ0n) is 8.58. The fourth-order valence-electron chi connectivity index (χ4n) is 1.78. The molecule has 16 heavy (non-hydrogen) atoms. The lowest BCUT2D eigenvalue weighted by Gasteiger charge is -2.14. The number of aromatic amines is 1. The standard InChI is InChI=1S/C12H12F2N2/c13-9-1-2-12(14)10(5-9)11(6-15)8-3-4-16-7-8/h1-5,7,11,16H,6,15H2. The fourth-order valence-corrected chi connectivity index (χ4v) is 1.78. The maximum atomic E-state index is 13.6. The third-order valence-corrected chi connectivity index (χ3v) is 2.59. The lowest BCUT2D eigenvalue weighted by atomic mass is 9.93. The second-order valence-electron chi connectivity index (χ2n) is 3.60. The summed E-state index contributed by atoms with van der Waals surface area (Å²) >= 11 is 0. The first-order valence-electron chi connectivity index (χ1n) is 5.00. The predicted molar refractivity (Wildman–Crippen MR) is 58.0 cm³/mol. The number of aromatic nitrogens is 1. The van der Waals surface area contributed by atoms with Gasteiger partial charge in [-0.1, -0.05) is 0 Å². The molecule has 0 amide bonds. The molecule has 1 unspecified atom stereocenters. The van der Waals surface area contributed by atoms with E-state index >= 15 is 0 Å². The van der Waals surface area contributed by atoms with Gasteiger partial charge in [-0.05, 0) is 35.4 Å². The molecule has 1 aromatic carbocycles. The Morgan fingerprint density at radius 1 is 1.25 bits per heavy atom. The van der Waals surface area contributed by atoms with Crippen molar-refractivity contribution in [2.45, 2.75) is 5.92 Å². The number of hydrogen-bond donors (Lipinski definition) is 2. The summed E-state index contributed by atoms with van der Waals surface area (Å²) in [5, 5.41) is 0. The summed E-state index contributed by atoms with van der Waals surface area (Å²) in [4.78, 5) is 2.88. The lowest BCUT2D eigenvalue weighted by molar-refractivity contribution is 0.575. The Kier molecular flexibility index (Phi) is 3.01. The highest BCUT2D eigenvalue weighted by Crippen LogP contribution is 2.26. The van der Waals surface area contributed by atoms with Crippen LogP contribution in [-0.2, 0) is 0 Å². The molecule has 0 saturated heterocycles. The van der Waals surface area contributed by atoms with Gasteiger partial charge >= 0.3 is 0 Å². The van der Waals surface area contributed by atoms with E-state index < -0.39 is 11.6 Å². The molecule has 0 bridgehead atoms. The highest BCUT2D eigenvalue weighted by Gasteiger charge is 2.17. The van der Waals surface area contributed by atoms with Gasteiger partial charge in [-0.3, -0.25) is 0 Å². The monoisotopic (exact) mass is 222 g/mol. The average molecular weight is 222 g/mol. The molecule has 0 saturated carbocycles. The number of H-pyrrole nitrogens is 1. The quantitative estimate of drug-likeness (QED) is 0.822. The molecule has 2 rings (SSSR count). The maximum absolute atomic E-state index is 13.6. The highest BCUT2D eigenvalue weighted by atomic mass is 19.1. The van der Waals surface area contributed by atoms with E-state index in [1.807, 2.05) is 6.07 Å². The van der Waals surface area contributed by atoms with Crippen molar-refractivity contribution in [3.8, 4) is 0 Å². The molecular weight excluding hydrogens is 210 g/mol. The first-order valence-corrected chi connectivity index (χ1v) is 5.00. The fraction of sp³-hybridized carbons (Fsp3) is 0.167. The Hall–Kier alpha value is -1.68. The van der Waals surface area contributed by atoms with E-state index in [1.165, 1.54) is 6.07 Å². The first-order chi connectivity index (χ1) is 7.72. The van der Waals surface area contributed by atoms with Crippen molar-refractivity contribution in [3.63, 3.8) is 0 Å². The zero-order chi connectivity index (χ0) is 11.5. The van der Waals surface area contributed by atoms with Gasteiger partial charge in [0, 0.05) is 24.9 Å². The minimum Gasteiger partial charge on any atom is -0.367 e. The normalized spacial score (nSPS) is 12.7. The summed E-state index contributed by atoms with van der Waals surface area (Å²) < 4.78 is 26.6. The van der Waals surface area contributed by atoms with Gasteiger partial charge in [0.1, 0.15) is 11.6 Å². The van der Waals surface area contributed by atoms with Gasteiger partial charge in [0.15, 0.2) is 0 Å². The molecule has 2 aromatic rings. The molecule has 0 fully saturated rings. The molecule has 4 heteroatoms. The second-order valence-corrected chi connectivity index (χ2v) is 3.60. The van der Waals surface area contributed by atoms with E-state index in [1.54, 1.807) is 12.4 Å². The molecule has 0 radical (unpaired) electrons. The van der Waals surface area contributed by atoms with Crippen LogP contribution in [0.1, 0.15) is 17.0 Å². The SMILES string of the molecule is NCC(c1cc[nH]c1)c1cc(F)ccc1F. The number of halogens is 2. The minimum absolute atomic E-state index is 0.234. The van der Waals surface area contributed by atoms with E-state index in [0.29, 0.717) is 5.56 Å². The van der Waals surface area contributed by atoms with E-state index in [0.717, 1.165) is 17.7 Å². The maximum Gasteiger partial charge on any atom is 0.127 e. The van der Waals surface area contributed by atoms with Gasteiger partial charge in [0.05, 0.1) is 0 Å². The van der Waals surface area contributed by atoms with Crippen LogP contribution in [0.5, 0.6) is 0 Å². The summed E-state index contributed by atoms with van der Waals surface area (Å²) in [6.45, 7) is 0.234. The van der Waals surface area contributed by atoms with Crippen LogP contribution in [0.25, 0.3) is 0 Å². The summed E-state index contributed by atoms with van der Waals surface area (Å²) in [5.41, 5.74) is 6.76. The molecule has 0 aliphatic carbocycles. The first kappa shape index (κ1) is 10.8. The van der Waals surface area contributed by atoms with E-state index in [2.05, 4.69) is 4.98 Å². The number of hydrogen-bond acceptors (Lipinski definition) is 1. The Balaban J connectivity index is 2.44. The van der Waals surface area contributed by atoms with Crippen molar-refractivity contribution >= 4 is 0 Å². The van der Waals surface area contributed by atoms with Crippen molar-refractivity contribution in [1.29, 1.82) is 0 Å². The molecule has 84 valence electrons. The van der Waals surface area contributed by atoms with Crippen molar-refractivity contribution in [3.05, 3.63) is 59.4 Å². The van der Waals surface area contributed by atoms with Crippen LogP contribution in [0.4, 0.5) is 8.78 Å². The van der Waals surface area contributed by atoms with Crippen LogP contribution >= 0.6 is 0 Å². The topological polar surface area (TPSA) is 41.8 Å². The van der Waals surface area contributed by atoms with Gasteiger partial charge in [0.25, 0.3) is 0 Å². The number of rotatable bonds is 3. The van der Waals surface area contributed by atoms with Gasteiger partial charge < -0.3 is 10.7 Å². The second kappa shape index (κ2) is 4.45. The van der Waals surface area contributed by atoms with Crippen molar-refractivity contribution in [2.24, 2.45) is 5.73 Å². The summed E-state index contributed by atoms with van der Waals surface area (Å²) in [5.74, 6) is -1.20. The molecule has 0 spiro atoms. The van der Waals surface area contributed by atoms with E-state index in [9.17, 15) is 8.78 Å². The van der Waals surface area contributed by atoms with Crippen LogP contribution in [0.3, 0.4) is 0 Å². The number of nitrogens with one attached hydrogen (secondary N) is 1. The van der Waals surface area contributed by atoms with Crippen LogP contribution in [0.2, 0.25) is 0 Å². The van der Waals surface area contributed by atoms with Crippen LogP contribution in [0.15, 0.2) is 36.7 Å². The van der Waals surface area contributed by atoms with Gasteiger partial charge in [-0.25, -0.2) is 8.78 Å². The van der Waals surface area contributed by atoms with Crippen LogP contribution in [0, 0.1) is 11.6 Å². The van der Waals surface area contributed by atoms with Gasteiger partial charge in [0.2, 0.25) is 0 Å². The van der Waals surface area contributed by atoms with Crippen LogP contribution < -0.4 is 5.73 Å². The molecule has 1 atom stereocenters. The van der Waals surface area contributed by atoms with Gasteiger partial charge in [-0.15, -0.1) is 0 Å². The van der Waals surface area contributed by atoms with Crippen LogP contribution in [-0.4, -0.2) is 11.5 Å². The van der Waals surface area contributed by atoms with Crippen molar-refractivity contribution < 1.29 is 8.78 Å². The average Bonchev–Trinajstić information content (AvgIpc) is 2.78. The summed E-state index contributed by atoms with van der Waals surface area (Å²) in [6, 6.07) is 5.23. The molecule has 1 aromatic heterocycles. The highest BCUT2D eigenvalue weighted by molar-refractivity contribution is 5.32. The molecule has 3 N–H and O–H groups in total. The Labute approximate surface area is 92.1 Å². The smallest absolute Gasteiger partial charge is 0.127 e. The summed E-state index contributed by atoms with van der Waals surface area (Å²) in [6.07, 6.45) is 3.47. The number of benzene rings is 1. The lowest BCUT2D eigenvalue weighted by Crippen LogP contribution is -2.15. The zero-order valence-corrected chi connectivity index (χ0v) is 8.58. The third kappa shape index (κ3) is 1.97. The molecule has 0 aliphatic rings. The summed E-state index contributed by atoms with van der Waals surface area (Å²) in [7, 11) is 0. The van der Waals surface area contributed by atoms with E-state index in [4.69, 9.17) is 5.73 Å². The molecule has 1 heterocycles. The minimum atomic E-state index is -0.453. The van der Waals surface area contributed by atoms with E-state index in [-0.39, 0.29) is 12.5 Å². The molecule has 0 aliphatic heterocycles. The Morgan fingerprint density at radius 3 is 2.69 bits per heavy atom. The van der Waals surface area contributed by atoms with Gasteiger partial charge in [-0.2, -0.15) is 0 Å². The largest absolute Gasteiger partial charge is 0.367 e.